The van der Waals surface area contributed by atoms with Crippen LogP contribution in [0.1, 0.15) is 25.3 Å². The van der Waals surface area contributed by atoms with E-state index in [-0.39, 0.29) is 0 Å². The first-order chi connectivity index (χ1) is 8.76. The number of methoxy groups -OCH3 is 2. The third-order valence-electron chi connectivity index (χ3n) is 2.74. The van der Waals surface area contributed by atoms with Crippen molar-refractivity contribution in [3.63, 3.8) is 0 Å². The second-order valence-electron chi connectivity index (χ2n) is 4.06. The van der Waals surface area contributed by atoms with Gasteiger partial charge in [0.25, 0.3) is 0 Å². The van der Waals surface area contributed by atoms with Crippen molar-refractivity contribution >= 4 is 11.8 Å². The van der Waals surface area contributed by atoms with E-state index >= 15 is 0 Å². The van der Waals surface area contributed by atoms with E-state index in [1.54, 1.807) is 14.2 Å². The van der Waals surface area contributed by atoms with Crippen LogP contribution in [0, 0.1) is 0 Å². The maximum absolute atomic E-state index is 5.61. The summed E-state index contributed by atoms with van der Waals surface area (Å²) in [6.45, 7) is 2.81. The number of hydrogen-bond donors (Lipinski definition) is 1. The van der Waals surface area contributed by atoms with Crippen molar-refractivity contribution in [2.45, 2.75) is 31.1 Å². The van der Waals surface area contributed by atoms with Gasteiger partial charge in [-0.15, -0.1) is 11.8 Å². The van der Waals surface area contributed by atoms with Gasteiger partial charge in [-0.1, -0.05) is 13.3 Å². The molecule has 1 rings (SSSR count). The Morgan fingerprint density at radius 3 is 2.44 bits per heavy atom. The van der Waals surface area contributed by atoms with Crippen molar-refractivity contribution < 1.29 is 9.47 Å². The number of nitrogens with two attached hydrogens (primary N) is 1. The van der Waals surface area contributed by atoms with Gasteiger partial charge in [-0.05, 0) is 42.8 Å². The van der Waals surface area contributed by atoms with Gasteiger partial charge in [-0.3, -0.25) is 0 Å². The highest BCUT2D eigenvalue weighted by molar-refractivity contribution is 7.99. The van der Waals surface area contributed by atoms with Crippen LogP contribution in [0.15, 0.2) is 17.0 Å². The number of thioether (sulfide) groups is 1. The lowest BCUT2D eigenvalue weighted by Crippen LogP contribution is -2.05. The van der Waals surface area contributed by atoms with Crippen LogP contribution >= 0.6 is 11.8 Å². The highest BCUT2D eigenvalue weighted by Crippen LogP contribution is 2.36. The molecule has 0 unspecified atom stereocenters. The Kier molecular flexibility index (Phi) is 6.98. The van der Waals surface area contributed by atoms with E-state index in [2.05, 4.69) is 13.0 Å². The summed E-state index contributed by atoms with van der Waals surface area (Å²) in [6, 6.07) is 4.10. The molecule has 0 heterocycles. The summed E-state index contributed by atoms with van der Waals surface area (Å²) in [5.41, 5.74) is 6.72. The summed E-state index contributed by atoms with van der Waals surface area (Å²) < 4.78 is 10.9. The maximum Gasteiger partial charge on any atom is 0.132 e. The summed E-state index contributed by atoms with van der Waals surface area (Å²) in [5, 5.41) is 0. The number of ether oxygens (including phenoxy) is 2. The molecule has 0 aliphatic rings. The van der Waals surface area contributed by atoms with Crippen molar-refractivity contribution in [3.8, 4) is 11.5 Å². The largest absolute Gasteiger partial charge is 0.496 e. The summed E-state index contributed by atoms with van der Waals surface area (Å²) in [5.74, 6) is 2.92. The van der Waals surface area contributed by atoms with Gasteiger partial charge in [0.15, 0.2) is 0 Å². The van der Waals surface area contributed by atoms with Crippen molar-refractivity contribution in [2.75, 3.05) is 26.5 Å². The summed E-state index contributed by atoms with van der Waals surface area (Å²) >= 11 is 1.82. The number of unbranched alkanes of at least 4 members (excludes halogenated alkanes) is 1. The highest BCUT2D eigenvalue weighted by atomic mass is 32.2. The Labute approximate surface area is 114 Å². The SMILES string of the molecule is CCCCSc1cc(OC)c(CCN)[13cH]c1OC. The van der Waals surface area contributed by atoms with Gasteiger partial charge >= 0.3 is 0 Å². The molecule has 1 aromatic carbocycles. The molecule has 3 nitrogen and oxygen atoms in total. The highest BCUT2D eigenvalue weighted by Gasteiger charge is 2.11. The number of benzene rings is 1. The zero-order valence-corrected chi connectivity index (χ0v) is 12.3. The van der Waals surface area contributed by atoms with Gasteiger partial charge < -0.3 is 15.2 Å². The van der Waals surface area contributed by atoms with E-state index in [1.807, 2.05) is 17.8 Å². The standard InChI is InChI=1S/C14H23NO2S/c1-4-5-8-18-14-10-12(16-2)11(6-7-15)9-13(14)17-3/h9-10H,4-8,15H2,1-3H3/i9+1. The van der Waals surface area contributed by atoms with Crippen molar-refractivity contribution in [1.82, 2.24) is 0 Å². The third kappa shape index (κ3) is 4.10. The average molecular weight is 270 g/mol. The summed E-state index contributed by atoms with van der Waals surface area (Å²) in [7, 11) is 3.40. The van der Waals surface area contributed by atoms with E-state index in [0.29, 0.717) is 6.54 Å². The maximum atomic E-state index is 5.61. The first-order valence-corrected chi connectivity index (χ1v) is 7.33. The Hall–Kier alpha value is -0.870. The molecule has 0 aliphatic heterocycles. The van der Waals surface area contributed by atoms with Crippen LogP contribution in [0.5, 0.6) is 11.5 Å². The van der Waals surface area contributed by atoms with Gasteiger partial charge in [0.05, 0.1) is 19.1 Å². The van der Waals surface area contributed by atoms with Crippen molar-refractivity contribution in [2.24, 2.45) is 5.73 Å². The summed E-state index contributed by atoms with van der Waals surface area (Å²) in [4.78, 5) is 1.14. The predicted octanol–water partition coefficient (Wildman–Crippen LogP) is 3.10. The zero-order chi connectivity index (χ0) is 13.4. The molecule has 0 saturated heterocycles. The second-order valence-corrected chi connectivity index (χ2v) is 5.19. The van der Waals surface area contributed by atoms with Crippen molar-refractivity contribution in [3.05, 3.63) is 17.7 Å². The molecule has 2 N–H and O–H groups in total. The quantitative estimate of drug-likeness (QED) is 0.582. The fraction of sp³-hybridized carbons (Fsp3) is 0.571. The fourth-order valence-electron chi connectivity index (χ4n) is 1.72. The lowest BCUT2D eigenvalue weighted by atomic mass is 10.2. The molecule has 0 aromatic heterocycles. The zero-order valence-electron chi connectivity index (χ0n) is 11.5. The van der Waals surface area contributed by atoms with Crippen LogP contribution in [0.4, 0.5) is 0 Å². The molecule has 1 aromatic rings. The van der Waals surface area contributed by atoms with Crippen LogP contribution < -0.4 is 15.2 Å². The van der Waals surface area contributed by atoms with Crippen LogP contribution in [0.25, 0.3) is 0 Å². The fourth-order valence-corrected chi connectivity index (χ4v) is 2.85. The van der Waals surface area contributed by atoms with Gasteiger partial charge in [0, 0.05) is 0 Å². The molecule has 0 atom stereocenters. The minimum Gasteiger partial charge on any atom is -0.496 e. The molecule has 0 spiro atoms. The van der Waals surface area contributed by atoms with Gasteiger partial charge in [-0.2, -0.15) is 0 Å². The first kappa shape index (κ1) is 15.2. The Bertz CT molecular complexity index is 369. The normalized spacial score (nSPS) is 10.4. The van der Waals surface area contributed by atoms with E-state index in [1.165, 1.54) is 12.8 Å². The molecular weight excluding hydrogens is 247 g/mol. The molecule has 18 heavy (non-hydrogen) atoms. The van der Waals surface area contributed by atoms with E-state index in [0.717, 1.165) is 34.1 Å². The molecule has 0 saturated carbocycles. The minimum absolute atomic E-state index is 0.613. The molecule has 0 fully saturated rings. The van der Waals surface area contributed by atoms with Crippen molar-refractivity contribution in [1.29, 1.82) is 0 Å². The molecule has 0 radical (unpaired) electrons. The Morgan fingerprint density at radius 1 is 1.17 bits per heavy atom. The van der Waals surface area contributed by atoms with Gasteiger partial charge in [-0.25, -0.2) is 0 Å². The minimum atomic E-state index is 0.613. The molecular formula is C14H23NO2S. The average Bonchev–Trinajstić information content (AvgIpc) is 2.40. The van der Waals surface area contributed by atoms with E-state index in [9.17, 15) is 0 Å². The van der Waals surface area contributed by atoms with Crippen LogP contribution in [0.2, 0.25) is 0 Å². The van der Waals surface area contributed by atoms with Gasteiger partial charge in [0.1, 0.15) is 11.5 Å². The van der Waals surface area contributed by atoms with E-state index in [4.69, 9.17) is 15.2 Å². The Balaban J connectivity index is 2.94. The molecule has 4 heteroatoms. The number of hydrogen-bond acceptors (Lipinski definition) is 4. The predicted molar refractivity (Wildman–Crippen MR) is 77.9 cm³/mol. The summed E-state index contributed by atoms with van der Waals surface area (Å²) in [6.07, 6.45) is 3.22. The molecule has 0 aliphatic carbocycles. The topological polar surface area (TPSA) is 44.5 Å². The van der Waals surface area contributed by atoms with Crippen LogP contribution in [0.3, 0.4) is 0 Å². The molecule has 102 valence electrons. The lowest BCUT2D eigenvalue weighted by Gasteiger charge is -2.14. The first-order valence-electron chi connectivity index (χ1n) is 6.34. The third-order valence-corrected chi connectivity index (χ3v) is 3.86. The van der Waals surface area contributed by atoms with Gasteiger partial charge in [0.2, 0.25) is 0 Å². The van der Waals surface area contributed by atoms with Crippen LogP contribution in [-0.2, 0) is 6.42 Å². The van der Waals surface area contributed by atoms with E-state index < -0.39 is 0 Å². The monoisotopic (exact) mass is 270 g/mol. The smallest absolute Gasteiger partial charge is 0.132 e. The molecule has 0 bridgehead atoms. The second kappa shape index (κ2) is 8.27. The molecule has 0 amide bonds. The lowest BCUT2D eigenvalue weighted by molar-refractivity contribution is 0.390. The Morgan fingerprint density at radius 2 is 1.89 bits per heavy atom. The number of rotatable bonds is 8. The van der Waals surface area contributed by atoms with Crippen LogP contribution in [-0.4, -0.2) is 26.5 Å².